The molecule has 2 heterocycles. The first-order chi connectivity index (χ1) is 14.8. The summed E-state index contributed by atoms with van der Waals surface area (Å²) in [7, 11) is 0. The number of anilines is 1. The minimum atomic E-state index is -5.08. The SMILES string of the molecule is O=C(/C=C/[C@@H](NC(=O)[C@@H]1CCN1)C1CC1)Nc1nnc(C(F)(F)F)s1.O=C(O)C(F)(F)F. The van der Waals surface area contributed by atoms with E-state index in [1.165, 1.54) is 6.08 Å². The van der Waals surface area contributed by atoms with Crippen molar-refractivity contribution < 1.29 is 45.8 Å². The van der Waals surface area contributed by atoms with Crippen LogP contribution in [-0.4, -0.2) is 57.9 Å². The summed E-state index contributed by atoms with van der Waals surface area (Å²) in [6.07, 6.45) is -4.21. The third kappa shape index (κ3) is 8.07. The molecular formula is C16H17F6N5O4S. The zero-order chi connectivity index (χ0) is 24.1. The van der Waals surface area contributed by atoms with Crippen LogP contribution in [0.15, 0.2) is 12.2 Å². The Morgan fingerprint density at radius 2 is 1.72 bits per heavy atom. The van der Waals surface area contributed by atoms with Crippen LogP contribution in [0.25, 0.3) is 0 Å². The summed E-state index contributed by atoms with van der Waals surface area (Å²) in [5.41, 5.74) is 0. The van der Waals surface area contributed by atoms with Gasteiger partial charge in [0.25, 0.3) is 0 Å². The molecule has 2 atom stereocenters. The van der Waals surface area contributed by atoms with Crippen molar-refractivity contribution in [2.75, 3.05) is 11.9 Å². The fraction of sp³-hybridized carbons (Fsp3) is 0.562. The number of aliphatic carboxylic acids is 1. The molecule has 4 N–H and O–H groups in total. The van der Waals surface area contributed by atoms with Crippen molar-refractivity contribution >= 4 is 34.3 Å². The van der Waals surface area contributed by atoms with Crippen molar-refractivity contribution in [3.05, 3.63) is 17.2 Å². The van der Waals surface area contributed by atoms with Gasteiger partial charge in [0.2, 0.25) is 22.0 Å². The lowest BCUT2D eigenvalue weighted by Gasteiger charge is -2.28. The van der Waals surface area contributed by atoms with Gasteiger partial charge in [-0.2, -0.15) is 26.3 Å². The lowest BCUT2D eigenvalue weighted by Crippen LogP contribution is -2.55. The molecular weight excluding hydrogens is 472 g/mol. The first kappa shape index (κ1) is 25.5. The molecule has 1 saturated carbocycles. The molecule has 3 rings (SSSR count). The molecule has 0 bridgehead atoms. The molecule has 1 aromatic rings. The van der Waals surface area contributed by atoms with Gasteiger partial charge in [0.1, 0.15) is 0 Å². The predicted molar refractivity (Wildman–Crippen MR) is 97.4 cm³/mol. The van der Waals surface area contributed by atoms with Gasteiger partial charge in [-0.05, 0) is 31.7 Å². The number of amides is 2. The summed E-state index contributed by atoms with van der Waals surface area (Å²) in [6, 6.07) is -0.452. The lowest BCUT2D eigenvalue weighted by molar-refractivity contribution is -0.192. The van der Waals surface area contributed by atoms with Gasteiger partial charge in [0.05, 0.1) is 12.1 Å². The highest BCUT2D eigenvalue weighted by molar-refractivity contribution is 7.15. The van der Waals surface area contributed by atoms with E-state index in [0.29, 0.717) is 0 Å². The molecule has 1 aromatic heterocycles. The Bertz CT molecular complexity index is 864. The molecule has 1 aliphatic carbocycles. The summed E-state index contributed by atoms with van der Waals surface area (Å²) in [5.74, 6) is -3.20. The van der Waals surface area contributed by atoms with Crippen LogP contribution < -0.4 is 16.0 Å². The number of carboxylic acids is 1. The second kappa shape index (κ2) is 10.2. The molecule has 2 amide bonds. The van der Waals surface area contributed by atoms with Crippen LogP contribution in [-0.2, 0) is 20.6 Å². The van der Waals surface area contributed by atoms with Gasteiger partial charge in [-0.15, -0.1) is 10.2 Å². The fourth-order valence-corrected chi connectivity index (χ4v) is 2.90. The maximum atomic E-state index is 12.4. The minimum absolute atomic E-state index is 0.104. The topological polar surface area (TPSA) is 133 Å². The number of halogens is 6. The molecule has 0 unspecified atom stereocenters. The highest BCUT2D eigenvalue weighted by atomic mass is 32.1. The van der Waals surface area contributed by atoms with Gasteiger partial charge in [0, 0.05) is 6.08 Å². The highest BCUT2D eigenvalue weighted by Gasteiger charge is 2.38. The van der Waals surface area contributed by atoms with E-state index in [1.54, 1.807) is 6.08 Å². The summed E-state index contributed by atoms with van der Waals surface area (Å²) in [4.78, 5) is 32.7. The third-order valence-corrected chi connectivity index (χ3v) is 5.06. The second-order valence-corrected chi connectivity index (χ2v) is 7.71. The quantitative estimate of drug-likeness (QED) is 0.355. The molecule has 9 nitrogen and oxygen atoms in total. The third-order valence-electron chi connectivity index (χ3n) is 4.17. The zero-order valence-corrected chi connectivity index (χ0v) is 16.8. The zero-order valence-electron chi connectivity index (χ0n) is 16.0. The highest BCUT2D eigenvalue weighted by Crippen LogP contribution is 2.34. The van der Waals surface area contributed by atoms with Crippen molar-refractivity contribution in [1.29, 1.82) is 0 Å². The molecule has 2 fully saturated rings. The Labute approximate surface area is 180 Å². The van der Waals surface area contributed by atoms with Crippen molar-refractivity contribution in [3.8, 4) is 0 Å². The number of carboxylic acid groups (broad SMARTS) is 1. The molecule has 32 heavy (non-hydrogen) atoms. The lowest BCUT2D eigenvalue weighted by atomic mass is 10.1. The maximum absolute atomic E-state index is 12.4. The van der Waals surface area contributed by atoms with Crippen LogP contribution in [0.3, 0.4) is 0 Å². The van der Waals surface area contributed by atoms with Gasteiger partial charge in [-0.25, -0.2) is 4.79 Å². The molecule has 16 heteroatoms. The molecule has 2 aliphatic rings. The number of aromatic nitrogens is 2. The first-order valence-electron chi connectivity index (χ1n) is 9.01. The van der Waals surface area contributed by atoms with E-state index in [-0.39, 0.29) is 40.4 Å². The van der Waals surface area contributed by atoms with Crippen LogP contribution in [0.1, 0.15) is 24.3 Å². The predicted octanol–water partition coefficient (Wildman–Crippen LogP) is 1.94. The van der Waals surface area contributed by atoms with Gasteiger partial charge in [0.15, 0.2) is 0 Å². The maximum Gasteiger partial charge on any atom is 0.490 e. The van der Waals surface area contributed by atoms with Gasteiger partial charge in [-0.1, -0.05) is 17.4 Å². The van der Waals surface area contributed by atoms with E-state index >= 15 is 0 Å². The van der Waals surface area contributed by atoms with Crippen LogP contribution in [0.2, 0.25) is 0 Å². The minimum Gasteiger partial charge on any atom is -0.475 e. The molecule has 178 valence electrons. The average molecular weight is 489 g/mol. The number of alkyl halides is 6. The summed E-state index contributed by atoms with van der Waals surface area (Å²) >= 11 is 0.255. The Balaban J connectivity index is 0.000000451. The molecule has 0 aromatic carbocycles. The van der Waals surface area contributed by atoms with E-state index < -0.39 is 29.2 Å². The Kier molecular flexibility index (Phi) is 8.17. The summed E-state index contributed by atoms with van der Waals surface area (Å²) in [5, 5.41) is 20.2. The van der Waals surface area contributed by atoms with Gasteiger partial charge >= 0.3 is 18.3 Å². The summed E-state index contributed by atoms with van der Waals surface area (Å²) < 4.78 is 69.1. The molecule has 1 aliphatic heterocycles. The number of hydrogen-bond acceptors (Lipinski definition) is 7. The number of carbonyl (C=O) groups is 3. The molecule has 0 radical (unpaired) electrons. The smallest absolute Gasteiger partial charge is 0.475 e. The van der Waals surface area contributed by atoms with Crippen molar-refractivity contribution in [2.24, 2.45) is 5.92 Å². The van der Waals surface area contributed by atoms with E-state index in [0.717, 1.165) is 25.8 Å². The van der Waals surface area contributed by atoms with E-state index in [1.807, 2.05) is 0 Å². The van der Waals surface area contributed by atoms with Crippen LogP contribution in [0, 0.1) is 5.92 Å². The number of nitrogens with zero attached hydrogens (tertiary/aromatic N) is 2. The normalized spacial score (nSPS) is 19.4. The number of hydrogen-bond donors (Lipinski definition) is 4. The number of nitrogens with one attached hydrogen (secondary N) is 3. The van der Waals surface area contributed by atoms with Crippen molar-refractivity contribution in [3.63, 3.8) is 0 Å². The fourth-order valence-electron chi connectivity index (χ4n) is 2.28. The Hall–Kier alpha value is -2.75. The van der Waals surface area contributed by atoms with E-state index in [9.17, 15) is 35.9 Å². The molecule has 1 saturated heterocycles. The van der Waals surface area contributed by atoms with Gasteiger partial charge < -0.3 is 15.7 Å². The summed E-state index contributed by atoms with van der Waals surface area (Å²) in [6.45, 7) is 0.812. The first-order valence-corrected chi connectivity index (χ1v) is 9.82. The van der Waals surface area contributed by atoms with Crippen LogP contribution in [0.4, 0.5) is 31.5 Å². The average Bonchev–Trinajstić information content (AvgIpc) is 3.34. The van der Waals surface area contributed by atoms with E-state index in [4.69, 9.17) is 9.90 Å². The standard InChI is InChI=1S/C14H16F3N5O2S.C2HF3O2/c15-14(16,17)12-21-22-13(25-12)20-10(23)4-3-8(7-1-2-7)19-11(24)9-5-6-18-9;3-2(4,5)1(6)7/h3-4,7-9,18H,1-2,5-6H2,(H,19,24)(H,20,22,23);(H,6,7)/b4-3+;/t8-,9+;/m1./s1. The van der Waals surface area contributed by atoms with E-state index in [2.05, 4.69) is 26.1 Å². The second-order valence-electron chi connectivity index (χ2n) is 6.73. The van der Waals surface area contributed by atoms with Crippen LogP contribution in [0.5, 0.6) is 0 Å². The van der Waals surface area contributed by atoms with Gasteiger partial charge in [-0.3, -0.25) is 14.9 Å². The van der Waals surface area contributed by atoms with Crippen molar-refractivity contribution in [1.82, 2.24) is 20.8 Å². The number of carbonyl (C=O) groups excluding carboxylic acids is 2. The molecule has 0 spiro atoms. The Morgan fingerprint density at radius 3 is 2.12 bits per heavy atom. The van der Waals surface area contributed by atoms with Crippen LogP contribution >= 0.6 is 11.3 Å². The largest absolute Gasteiger partial charge is 0.490 e. The number of rotatable bonds is 6. The van der Waals surface area contributed by atoms with Crippen molar-refractivity contribution in [2.45, 2.75) is 43.7 Å². The monoisotopic (exact) mass is 489 g/mol. The Morgan fingerprint density at radius 1 is 1.12 bits per heavy atom.